The second-order valence-electron chi connectivity index (χ2n) is 6.33. The van der Waals surface area contributed by atoms with Crippen molar-refractivity contribution in [1.29, 1.82) is 0 Å². The highest BCUT2D eigenvalue weighted by Crippen LogP contribution is 2.26. The van der Waals surface area contributed by atoms with Crippen molar-refractivity contribution in [2.24, 2.45) is 5.92 Å². The van der Waals surface area contributed by atoms with Crippen LogP contribution in [0.15, 0.2) is 23.8 Å². The first-order chi connectivity index (χ1) is 8.83. The first kappa shape index (κ1) is 16.6. The van der Waals surface area contributed by atoms with Crippen molar-refractivity contribution in [3.05, 3.63) is 23.8 Å². The van der Waals surface area contributed by atoms with Gasteiger partial charge in [-0.05, 0) is 50.0 Å². The van der Waals surface area contributed by atoms with E-state index in [-0.39, 0.29) is 0 Å². The summed E-state index contributed by atoms with van der Waals surface area (Å²) in [7, 11) is 0.338. The van der Waals surface area contributed by atoms with Gasteiger partial charge in [-0.1, -0.05) is 12.7 Å². The zero-order valence-corrected chi connectivity index (χ0v) is 14.1. The van der Waals surface area contributed by atoms with E-state index in [9.17, 15) is 0 Å². The van der Waals surface area contributed by atoms with E-state index in [1.807, 2.05) is 0 Å². The Morgan fingerprint density at radius 3 is 2.68 bits per heavy atom. The number of ether oxygens (including phenoxy) is 1. The molecule has 1 N–H and O–H groups in total. The number of nitrogens with one attached hydrogen (secondary N) is 1. The molecule has 19 heavy (non-hydrogen) atoms. The molecule has 1 aliphatic heterocycles. The molecule has 0 aromatic rings. The summed E-state index contributed by atoms with van der Waals surface area (Å²) in [4.78, 5) is 0. The molecule has 0 aromatic heterocycles. The Hall–Kier alpha value is -0.423. The topological polar surface area (TPSA) is 30.5 Å². The second kappa shape index (κ2) is 7.38. The number of hydrogen-bond acceptors (Lipinski definition) is 3. The van der Waals surface area contributed by atoms with E-state index in [1.165, 1.54) is 11.1 Å². The number of rotatable bonds is 7. The second-order valence-corrected chi connectivity index (χ2v) is 10.8. The molecule has 3 nitrogen and oxygen atoms in total. The summed E-state index contributed by atoms with van der Waals surface area (Å²) in [5.41, 5.74) is 2.51. The highest BCUT2D eigenvalue weighted by atomic mass is 28.4. The van der Waals surface area contributed by atoms with Crippen molar-refractivity contribution < 1.29 is 9.16 Å². The highest BCUT2D eigenvalue weighted by Gasteiger charge is 2.26. The van der Waals surface area contributed by atoms with Gasteiger partial charge in [-0.15, -0.1) is 0 Å². The summed E-state index contributed by atoms with van der Waals surface area (Å²) in [6.07, 6.45) is 3.29. The number of hydrogen-bond donors (Lipinski definition) is 1. The van der Waals surface area contributed by atoms with Gasteiger partial charge < -0.3 is 14.5 Å². The predicted octanol–water partition coefficient (Wildman–Crippen LogP) is 2.96. The summed E-state index contributed by atoms with van der Waals surface area (Å²) in [6, 6.07) is 0.470. The van der Waals surface area contributed by atoms with E-state index in [1.54, 1.807) is 7.11 Å². The molecule has 2 unspecified atom stereocenters. The Balaban J connectivity index is 2.42. The molecule has 4 heteroatoms. The minimum absolute atomic E-state index is 0.470. The minimum atomic E-state index is -1.42. The van der Waals surface area contributed by atoms with E-state index in [4.69, 9.17) is 9.16 Å². The fourth-order valence-corrected chi connectivity index (χ4v) is 2.87. The van der Waals surface area contributed by atoms with Gasteiger partial charge in [0.25, 0.3) is 0 Å². The van der Waals surface area contributed by atoms with Gasteiger partial charge in [-0.25, -0.2) is 0 Å². The lowest BCUT2D eigenvalue weighted by Gasteiger charge is -2.17. The van der Waals surface area contributed by atoms with Crippen LogP contribution in [0.3, 0.4) is 0 Å². The third kappa shape index (κ3) is 6.04. The third-order valence-corrected chi connectivity index (χ3v) is 4.53. The quantitative estimate of drug-likeness (QED) is 0.575. The Morgan fingerprint density at radius 2 is 2.11 bits per heavy atom. The smallest absolute Gasteiger partial charge is 0.184 e. The van der Waals surface area contributed by atoms with Crippen LogP contribution in [-0.2, 0) is 9.16 Å². The molecular formula is C15H29NO2Si. The summed E-state index contributed by atoms with van der Waals surface area (Å²) in [6.45, 7) is 15.5. The SMILES string of the molecule is C=C(/C(C)=C/CO[Si](C)(C)C)C1CNC(COC)C1. The first-order valence-corrected chi connectivity index (χ1v) is 10.5. The predicted molar refractivity (Wildman–Crippen MR) is 84.0 cm³/mol. The van der Waals surface area contributed by atoms with Crippen molar-refractivity contribution in [3.63, 3.8) is 0 Å². The minimum Gasteiger partial charge on any atom is -0.414 e. The molecule has 1 heterocycles. The fraction of sp³-hybridized carbons (Fsp3) is 0.733. The van der Waals surface area contributed by atoms with Crippen LogP contribution in [0.1, 0.15) is 13.3 Å². The number of allylic oxidation sites excluding steroid dienone is 1. The van der Waals surface area contributed by atoms with E-state index in [0.29, 0.717) is 18.6 Å². The molecule has 1 saturated heterocycles. The largest absolute Gasteiger partial charge is 0.414 e. The molecule has 0 radical (unpaired) electrons. The maximum atomic E-state index is 5.86. The molecule has 1 fully saturated rings. The molecule has 1 aliphatic rings. The van der Waals surface area contributed by atoms with E-state index in [0.717, 1.165) is 19.6 Å². The van der Waals surface area contributed by atoms with Crippen LogP contribution in [0.2, 0.25) is 19.6 Å². The van der Waals surface area contributed by atoms with E-state index >= 15 is 0 Å². The average molecular weight is 283 g/mol. The zero-order valence-electron chi connectivity index (χ0n) is 13.1. The molecule has 0 bridgehead atoms. The Kier molecular flexibility index (Phi) is 6.46. The van der Waals surface area contributed by atoms with Crippen LogP contribution in [-0.4, -0.2) is 41.2 Å². The van der Waals surface area contributed by atoms with Gasteiger partial charge in [0.05, 0.1) is 13.2 Å². The molecule has 0 saturated carbocycles. The van der Waals surface area contributed by atoms with Gasteiger partial charge in [0, 0.05) is 19.7 Å². The van der Waals surface area contributed by atoms with Crippen molar-refractivity contribution in [2.75, 3.05) is 26.9 Å². The fourth-order valence-electron chi connectivity index (χ4n) is 2.28. The van der Waals surface area contributed by atoms with E-state index in [2.05, 4.69) is 44.5 Å². The van der Waals surface area contributed by atoms with Crippen molar-refractivity contribution in [3.8, 4) is 0 Å². The lowest BCUT2D eigenvalue weighted by molar-refractivity contribution is 0.173. The van der Waals surface area contributed by atoms with Crippen LogP contribution in [0.25, 0.3) is 0 Å². The Morgan fingerprint density at radius 1 is 1.42 bits per heavy atom. The molecule has 0 spiro atoms. The van der Waals surface area contributed by atoms with Gasteiger partial charge in [-0.2, -0.15) is 0 Å². The van der Waals surface area contributed by atoms with Gasteiger partial charge >= 0.3 is 0 Å². The molecule has 0 amide bonds. The van der Waals surface area contributed by atoms with Gasteiger partial charge in [-0.3, -0.25) is 0 Å². The lowest BCUT2D eigenvalue weighted by atomic mass is 9.92. The standard InChI is InChI=1S/C15H29NO2Si/c1-12(7-8-18-19(4,5)6)13(2)14-9-15(11-17-3)16-10-14/h7,14-16H,2,8-11H2,1,3-6H3/b12-7+. The molecule has 110 valence electrons. The van der Waals surface area contributed by atoms with Crippen molar-refractivity contribution in [1.82, 2.24) is 5.32 Å². The van der Waals surface area contributed by atoms with Crippen molar-refractivity contribution >= 4 is 8.32 Å². The molecule has 1 rings (SSSR count). The summed E-state index contributed by atoms with van der Waals surface area (Å²) < 4.78 is 11.1. The summed E-state index contributed by atoms with van der Waals surface area (Å²) >= 11 is 0. The van der Waals surface area contributed by atoms with Crippen LogP contribution in [0.5, 0.6) is 0 Å². The molecule has 0 aliphatic carbocycles. The maximum Gasteiger partial charge on any atom is 0.184 e. The Bertz CT molecular complexity index is 334. The normalized spacial score (nSPS) is 24.8. The van der Waals surface area contributed by atoms with Crippen molar-refractivity contribution in [2.45, 2.75) is 39.0 Å². The van der Waals surface area contributed by atoms with Crippen LogP contribution >= 0.6 is 0 Å². The Labute approximate surface area is 119 Å². The lowest BCUT2D eigenvalue weighted by Crippen LogP contribution is -2.25. The first-order valence-electron chi connectivity index (χ1n) is 7.05. The van der Waals surface area contributed by atoms with Gasteiger partial charge in [0.2, 0.25) is 0 Å². The van der Waals surface area contributed by atoms with Gasteiger partial charge in [0.1, 0.15) is 0 Å². The molecule has 2 atom stereocenters. The van der Waals surface area contributed by atoms with Crippen LogP contribution < -0.4 is 5.32 Å². The van der Waals surface area contributed by atoms with Gasteiger partial charge in [0.15, 0.2) is 8.32 Å². The van der Waals surface area contributed by atoms with E-state index < -0.39 is 8.32 Å². The summed E-state index contributed by atoms with van der Waals surface area (Å²) in [5.74, 6) is 0.531. The zero-order chi connectivity index (χ0) is 14.5. The highest BCUT2D eigenvalue weighted by molar-refractivity contribution is 6.69. The maximum absolute atomic E-state index is 5.86. The number of methoxy groups -OCH3 is 1. The third-order valence-electron chi connectivity index (χ3n) is 3.49. The summed E-state index contributed by atoms with van der Waals surface area (Å²) in [5, 5.41) is 3.49. The monoisotopic (exact) mass is 283 g/mol. The van der Waals surface area contributed by atoms with Crippen LogP contribution in [0.4, 0.5) is 0 Å². The molecule has 0 aromatic carbocycles. The molecular weight excluding hydrogens is 254 g/mol. The van der Waals surface area contributed by atoms with Crippen LogP contribution in [0, 0.1) is 5.92 Å². The average Bonchev–Trinajstić information content (AvgIpc) is 2.75.